The molecule has 0 bridgehead atoms. The van der Waals surface area contributed by atoms with Crippen molar-refractivity contribution in [2.75, 3.05) is 25.1 Å². The van der Waals surface area contributed by atoms with Gasteiger partial charge in [-0.3, -0.25) is 13.9 Å². The second-order valence-electron chi connectivity index (χ2n) is 11.7. The van der Waals surface area contributed by atoms with Crippen molar-refractivity contribution in [3.05, 3.63) is 119 Å². The molecule has 11 heteroatoms. The van der Waals surface area contributed by atoms with Crippen LogP contribution in [0.5, 0.6) is 11.5 Å². The Balaban J connectivity index is 1.60. The van der Waals surface area contributed by atoms with Crippen LogP contribution in [0.15, 0.2) is 112 Å². The number of carbonyl (C=O) groups excluding carboxylic acids is 2. The van der Waals surface area contributed by atoms with Crippen LogP contribution in [-0.4, -0.2) is 58.0 Å². The van der Waals surface area contributed by atoms with E-state index in [4.69, 9.17) is 9.47 Å². The predicted octanol–water partition coefficient (Wildman–Crippen LogP) is 6.36. The number of sulfonamides is 1. The van der Waals surface area contributed by atoms with Gasteiger partial charge in [-0.25, -0.2) is 8.42 Å². The summed E-state index contributed by atoms with van der Waals surface area (Å²) in [5.41, 5.74) is 1.79. The molecule has 48 heavy (non-hydrogen) atoms. The number of amides is 2. The van der Waals surface area contributed by atoms with Crippen molar-refractivity contribution in [3.8, 4) is 11.5 Å². The fourth-order valence-electron chi connectivity index (χ4n) is 5.93. The van der Waals surface area contributed by atoms with Crippen molar-refractivity contribution in [1.29, 1.82) is 0 Å². The van der Waals surface area contributed by atoms with E-state index in [9.17, 15) is 18.0 Å². The van der Waals surface area contributed by atoms with Crippen molar-refractivity contribution in [2.45, 2.75) is 55.6 Å². The van der Waals surface area contributed by atoms with Gasteiger partial charge >= 0.3 is 0 Å². The van der Waals surface area contributed by atoms with Gasteiger partial charge in [-0.15, -0.1) is 0 Å². The number of ether oxygens (including phenoxy) is 2. The maximum Gasteiger partial charge on any atom is 0.264 e. The summed E-state index contributed by atoms with van der Waals surface area (Å²) in [6.07, 6.45) is 4.07. The fourth-order valence-corrected chi connectivity index (χ4v) is 7.63. The molecular weight excluding hydrogens is 694 g/mol. The lowest BCUT2D eigenvalue weighted by Gasteiger charge is -2.34. The first-order valence-corrected chi connectivity index (χ1v) is 18.1. The molecule has 0 radical (unpaired) electrons. The summed E-state index contributed by atoms with van der Waals surface area (Å²) >= 11 is 3.47. The summed E-state index contributed by atoms with van der Waals surface area (Å²) in [5, 5.41) is 3.20. The van der Waals surface area contributed by atoms with Crippen molar-refractivity contribution >= 4 is 43.5 Å². The molecule has 1 fully saturated rings. The molecule has 0 unspecified atom stereocenters. The topological polar surface area (TPSA) is 105 Å². The molecule has 0 aromatic heterocycles. The second kappa shape index (κ2) is 16.2. The number of nitrogens with zero attached hydrogens (tertiary/aromatic N) is 2. The summed E-state index contributed by atoms with van der Waals surface area (Å²) in [6, 6.07) is 28.8. The van der Waals surface area contributed by atoms with E-state index in [0.29, 0.717) is 5.75 Å². The molecule has 252 valence electrons. The summed E-state index contributed by atoms with van der Waals surface area (Å²) in [7, 11) is -1.39. The zero-order valence-corrected chi connectivity index (χ0v) is 29.5. The van der Waals surface area contributed by atoms with Gasteiger partial charge in [0.25, 0.3) is 10.0 Å². The average Bonchev–Trinajstić information content (AvgIpc) is 3.63. The van der Waals surface area contributed by atoms with Crippen LogP contribution in [0, 0.1) is 0 Å². The molecule has 1 aliphatic carbocycles. The maximum absolute atomic E-state index is 14.8. The fraction of sp³-hybridized carbons (Fsp3) is 0.297. The molecule has 0 aliphatic heterocycles. The van der Waals surface area contributed by atoms with Crippen LogP contribution < -0.4 is 19.1 Å². The molecule has 9 nitrogen and oxygen atoms in total. The third kappa shape index (κ3) is 8.56. The molecule has 1 N–H and O–H groups in total. The Morgan fingerprint density at radius 2 is 1.50 bits per heavy atom. The number of benzene rings is 4. The van der Waals surface area contributed by atoms with Gasteiger partial charge in [0.2, 0.25) is 11.8 Å². The smallest absolute Gasteiger partial charge is 0.264 e. The zero-order valence-electron chi connectivity index (χ0n) is 27.0. The van der Waals surface area contributed by atoms with E-state index in [0.717, 1.165) is 45.6 Å². The number of anilines is 1. The number of nitrogens with one attached hydrogen (secondary N) is 1. The molecule has 4 aromatic rings. The maximum atomic E-state index is 14.8. The molecule has 1 saturated carbocycles. The Bertz CT molecular complexity index is 1780. The first-order chi connectivity index (χ1) is 23.2. The lowest BCUT2D eigenvalue weighted by atomic mass is 10.0. The average molecular weight is 735 g/mol. The lowest BCUT2D eigenvalue weighted by Crippen LogP contribution is -2.54. The van der Waals surface area contributed by atoms with Gasteiger partial charge in [0.15, 0.2) is 0 Å². The minimum atomic E-state index is -4.30. The van der Waals surface area contributed by atoms with E-state index in [1.807, 2.05) is 54.6 Å². The lowest BCUT2D eigenvalue weighted by molar-refractivity contribution is -0.140. The number of hydrogen-bond acceptors (Lipinski definition) is 6. The first-order valence-electron chi connectivity index (χ1n) is 15.9. The highest BCUT2D eigenvalue weighted by molar-refractivity contribution is 9.10. The molecule has 0 spiro atoms. The van der Waals surface area contributed by atoms with Crippen LogP contribution in [0.1, 0.15) is 36.8 Å². The van der Waals surface area contributed by atoms with Gasteiger partial charge in [0.05, 0.1) is 24.8 Å². The molecule has 0 heterocycles. The molecule has 4 aromatic carbocycles. The Hall–Kier alpha value is -4.35. The van der Waals surface area contributed by atoms with Crippen LogP contribution in [0.2, 0.25) is 0 Å². The number of methoxy groups -OCH3 is 2. The van der Waals surface area contributed by atoms with Gasteiger partial charge < -0.3 is 19.7 Å². The van der Waals surface area contributed by atoms with Gasteiger partial charge in [-0.05, 0) is 60.4 Å². The minimum absolute atomic E-state index is 0.00180. The third-order valence-corrected chi connectivity index (χ3v) is 10.8. The summed E-state index contributed by atoms with van der Waals surface area (Å²) < 4.78 is 41.6. The Labute approximate surface area is 291 Å². The summed E-state index contributed by atoms with van der Waals surface area (Å²) in [4.78, 5) is 30.4. The molecular formula is C37H40BrN3O6S. The Morgan fingerprint density at radius 3 is 2.12 bits per heavy atom. The third-order valence-electron chi connectivity index (χ3n) is 8.50. The van der Waals surface area contributed by atoms with E-state index in [2.05, 4.69) is 21.2 Å². The van der Waals surface area contributed by atoms with Crippen LogP contribution >= 0.6 is 15.9 Å². The van der Waals surface area contributed by atoms with Crippen LogP contribution in [0.4, 0.5) is 5.69 Å². The predicted molar refractivity (Wildman–Crippen MR) is 190 cm³/mol. The Kier molecular flexibility index (Phi) is 11.8. The molecule has 5 rings (SSSR count). The molecule has 1 atom stereocenters. The zero-order chi connectivity index (χ0) is 34.1. The van der Waals surface area contributed by atoms with Gasteiger partial charge in [0, 0.05) is 29.5 Å². The monoisotopic (exact) mass is 733 g/mol. The van der Waals surface area contributed by atoms with Crippen molar-refractivity contribution < 1.29 is 27.5 Å². The summed E-state index contributed by atoms with van der Waals surface area (Å²) in [6.45, 7) is -0.518. The number of hydrogen-bond donors (Lipinski definition) is 1. The number of halogens is 1. The highest BCUT2D eigenvalue weighted by Crippen LogP contribution is 2.36. The van der Waals surface area contributed by atoms with E-state index < -0.39 is 28.5 Å². The quantitative estimate of drug-likeness (QED) is 0.162. The van der Waals surface area contributed by atoms with Crippen LogP contribution in [-0.2, 0) is 32.6 Å². The van der Waals surface area contributed by atoms with Crippen molar-refractivity contribution in [3.63, 3.8) is 0 Å². The second-order valence-corrected chi connectivity index (χ2v) is 14.5. The number of carbonyl (C=O) groups is 2. The molecule has 2 amide bonds. The largest absolute Gasteiger partial charge is 0.497 e. The van der Waals surface area contributed by atoms with Crippen molar-refractivity contribution in [1.82, 2.24) is 10.2 Å². The highest BCUT2D eigenvalue weighted by atomic mass is 79.9. The van der Waals surface area contributed by atoms with Crippen LogP contribution in [0.3, 0.4) is 0 Å². The highest BCUT2D eigenvalue weighted by Gasteiger charge is 2.36. The van der Waals surface area contributed by atoms with E-state index in [-0.39, 0.29) is 41.2 Å². The van der Waals surface area contributed by atoms with E-state index in [1.165, 1.54) is 37.3 Å². The SMILES string of the molecule is COc1ccc(OC)c(N(CC(=O)N(Cc2ccc(Br)cc2)[C@@H](Cc2ccccc2)C(=O)NC2CCCC2)S(=O)(=O)c2ccccc2)c1. The normalized spacial score (nSPS) is 13.8. The van der Waals surface area contributed by atoms with E-state index >= 15 is 0 Å². The van der Waals surface area contributed by atoms with Gasteiger partial charge in [-0.1, -0.05) is 89.4 Å². The van der Waals surface area contributed by atoms with Crippen molar-refractivity contribution in [2.24, 2.45) is 0 Å². The minimum Gasteiger partial charge on any atom is -0.497 e. The first kappa shape index (κ1) is 35.0. The molecule has 0 saturated heterocycles. The van der Waals surface area contributed by atoms with Gasteiger partial charge in [-0.2, -0.15) is 0 Å². The standard InChI is InChI=1S/C37H40BrN3O6S/c1-46-31-21-22-35(47-2)33(24-31)41(48(44,45)32-15-7-4-8-16-32)26-36(42)40(25-28-17-19-29(38)20-18-28)34(23-27-11-5-3-6-12-27)37(43)39-30-13-9-10-14-30/h3-8,11-12,15-22,24,30,34H,9-10,13-14,23,25-26H2,1-2H3,(H,39,43)/t34-/m0/s1. The Morgan fingerprint density at radius 1 is 0.854 bits per heavy atom. The number of rotatable bonds is 14. The van der Waals surface area contributed by atoms with Crippen LogP contribution in [0.25, 0.3) is 0 Å². The summed E-state index contributed by atoms with van der Waals surface area (Å²) in [5.74, 6) is -0.198. The van der Waals surface area contributed by atoms with E-state index in [1.54, 1.807) is 30.3 Å². The van der Waals surface area contributed by atoms with Gasteiger partial charge in [0.1, 0.15) is 24.1 Å². The molecule has 1 aliphatic rings.